The van der Waals surface area contributed by atoms with Crippen molar-refractivity contribution in [1.29, 1.82) is 0 Å². The third-order valence-electron chi connectivity index (χ3n) is 5.78. The number of amidine groups is 2. The van der Waals surface area contributed by atoms with E-state index in [1.54, 1.807) is 36.7 Å². The first-order chi connectivity index (χ1) is 20.8. The van der Waals surface area contributed by atoms with E-state index in [0.29, 0.717) is 32.9 Å². The molecule has 2 aliphatic rings. The quantitative estimate of drug-likeness (QED) is 0.0497. The molecule has 0 aromatic carbocycles. The number of pyridine rings is 2. The number of likely N-dealkylation sites (tertiary alicyclic amines) is 2. The number of carbonyl (C=O) groups excluding carboxylic acids is 2. The molecule has 2 aliphatic heterocycles. The number of halogens is 6. The topological polar surface area (TPSA) is 116 Å². The minimum absolute atomic E-state index is 0. The minimum Gasteiger partial charge on any atom is 3.00 e. The van der Waals surface area contributed by atoms with E-state index < -0.39 is 7.81 Å². The number of ketones is 2. The molecule has 46 heavy (non-hydrogen) atoms. The molecule has 4 heterocycles. The van der Waals surface area contributed by atoms with Crippen LogP contribution in [0.3, 0.4) is 0 Å². The third kappa shape index (κ3) is 17.6. The summed E-state index contributed by atoms with van der Waals surface area (Å²) in [6.45, 7) is 6.75. The summed E-state index contributed by atoms with van der Waals surface area (Å²) >= 11 is 10.4. The molecule has 0 atom stereocenters. The molecule has 0 N–H and O–H groups in total. The van der Waals surface area contributed by atoms with Gasteiger partial charge in [0.1, 0.15) is 11.4 Å². The second-order valence-corrected chi connectivity index (χ2v) is 12.2. The van der Waals surface area contributed by atoms with E-state index in [-0.39, 0.29) is 31.4 Å². The maximum Gasteiger partial charge on any atom is 3.00 e. The predicted octanol–water partition coefficient (Wildman–Crippen LogP) is 6.24. The summed E-state index contributed by atoms with van der Waals surface area (Å²) in [7, 11) is -10.7. The molecule has 0 aliphatic carbocycles. The number of hydrogen-bond donors (Lipinski definition) is 0. The van der Waals surface area contributed by atoms with Gasteiger partial charge >= 0.3 is 52.8 Å². The van der Waals surface area contributed by atoms with Gasteiger partial charge in [0, 0.05) is 73.9 Å². The minimum atomic E-state index is -10.7. The first-order valence-electron chi connectivity index (χ1n) is 13.4. The number of hydrogen-bond acceptors (Lipinski definition) is 10. The van der Waals surface area contributed by atoms with Gasteiger partial charge in [0.2, 0.25) is 0 Å². The Labute approximate surface area is 286 Å². The summed E-state index contributed by atoms with van der Waals surface area (Å²) in [5.74, 6) is -0.187. The number of aromatic nitrogens is 2. The van der Waals surface area contributed by atoms with Gasteiger partial charge in [-0.25, -0.2) is 0 Å². The monoisotopic (exact) mass is 764 g/mol. The number of Topliss-reactive ketones (excluding diaryl/α,β-unsaturated/α-hetero) is 2. The Kier molecular flexibility index (Phi) is 15.4. The van der Waals surface area contributed by atoms with Gasteiger partial charge in [-0.05, 0) is 49.9 Å². The van der Waals surface area contributed by atoms with Crippen LogP contribution < -0.4 is 0 Å². The van der Waals surface area contributed by atoms with Crippen molar-refractivity contribution in [2.75, 3.05) is 26.2 Å². The fourth-order valence-electron chi connectivity index (χ4n) is 3.86. The van der Waals surface area contributed by atoms with Gasteiger partial charge < -0.3 is 35.1 Å². The fraction of sp³-hybridized carbons (Fsp3) is 0.385. The summed E-state index contributed by atoms with van der Waals surface area (Å²) in [4.78, 5) is 34.9. The van der Waals surface area contributed by atoms with Gasteiger partial charge in [-0.15, -0.1) is 0 Å². The molecule has 0 saturated carbocycles. The van der Waals surface area contributed by atoms with Crippen LogP contribution in [0.1, 0.15) is 71.6 Å². The van der Waals surface area contributed by atoms with Gasteiger partial charge in [0.05, 0.1) is 12.4 Å². The van der Waals surface area contributed by atoms with Crippen LogP contribution in [0, 0.1) is 0 Å². The molecule has 2 fully saturated rings. The summed E-state index contributed by atoms with van der Waals surface area (Å²) in [5, 5.41) is 16.9. The number of rotatable bonds is 6. The van der Waals surface area contributed by atoms with E-state index in [1.165, 1.54) is 26.3 Å². The van der Waals surface area contributed by atoms with Crippen molar-refractivity contribution in [3.05, 3.63) is 59.2 Å². The van der Waals surface area contributed by atoms with Crippen LogP contribution in [-0.4, -0.2) is 100 Å². The Balaban J connectivity index is 0.000000376. The molecule has 2 aromatic rings. The first kappa shape index (κ1) is 41.0. The van der Waals surface area contributed by atoms with Crippen molar-refractivity contribution < 1.29 is 34.8 Å². The summed E-state index contributed by atoms with van der Waals surface area (Å²) < 4.78 is 59.2. The molecule has 248 valence electrons. The first-order valence-corrected chi connectivity index (χ1v) is 16.2. The smallest absolute Gasteiger partial charge is 3.00 e. The van der Waals surface area contributed by atoms with E-state index >= 15 is 0 Å². The molecule has 0 bridgehead atoms. The van der Waals surface area contributed by atoms with Crippen molar-refractivity contribution in [1.82, 2.24) is 19.8 Å². The molecular weight excluding hydrogens is 735 g/mol. The molecule has 0 amide bonds. The Hall–Kier alpha value is -2.99. The number of carbonyl (C=O) groups is 2. The van der Waals surface area contributed by atoms with Crippen LogP contribution in [0.25, 0.3) is 0 Å². The Morgan fingerprint density at radius 1 is 0.717 bits per heavy atom. The van der Waals surface area contributed by atoms with Gasteiger partial charge in [0.25, 0.3) is 0 Å². The molecule has 0 spiro atoms. The largest absolute Gasteiger partial charge is 3.00 e. The normalized spacial score (nSPS) is 17.0. The average molecular weight is 765 g/mol. The fourth-order valence-corrected chi connectivity index (χ4v) is 4.32. The molecule has 2 saturated heterocycles. The van der Waals surface area contributed by atoms with Gasteiger partial charge in [-0.1, -0.05) is 0 Å². The van der Waals surface area contributed by atoms with Crippen molar-refractivity contribution in [2.45, 2.75) is 39.5 Å². The predicted molar refractivity (Wildman–Crippen MR) is 174 cm³/mol. The van der Waals surface area contributed by atoms with Crippen LogP contribution in [-0.2, 0) is 25.3 Å². The Bertz CT molecular complexity index is 1360. The van der Waals surface area contributed by atoms with E-state index in [0.717, 1.165) is 51.9 Å². The van der Waals surface area contributed by atoms with Crippen LogP contribution >= 0.6 is 7.81 Å². The van der Waals surface area contributed by atoms with E-state index in [2.05, 4.69) is 30.4 Å². The molecule has 0 radical (unpaired) electrons. The van der Waals surface area contributed by atoms with Gasteiger partial charge in [-0.3, -0.25) is 19.6 Å². The van der Waals surface area contributed by atoms with Crippen LogP contribution in [0.4, 0.5) is 25.2 Å². The Morgan fingerprint density at radius 3 is 1.30 bits per heavy atom. The summed E-state index contributed by atoms with van der Waals surface area (Å²) in [6, 6.07) is 7.07. The zero-order chi connectivity index (χ0) is 33.7. The molecule has 4 rings (SSSR count). The van der Waals surface area contributed by atoms with Crippen LogP contribution in [0.2, 0.25) is 0 Å². The zero-order valence-electron chi connectivity index (χ0n) is 24.8. The molecular formula is C26H30F6GaN8O2PS2. The van der Waals surface area contributed by atoms with Crippen molar-refractivity contribution >= 4 is 87.2 Å². The van der Waals surface area contributed by atoms with Gasteiger partial charge in [-0.2, -0.15) is 20.4 Å². The van der Waals surface area contributed by atoms with Crippen molar-refractivity contribution in [3.8, 4) is 0 Å². The average Bonchev–Trinajstić information content (AvgIpc) is 3.67. The van der Waals surface area contributed by atoms with Gasteiger partial charge in [0.15, 0.2) is 11.6 Å². The Morgan fingerprint density at radius 2 is 1.02 bits per heavy atom. The van der Waals surface area contributed by atoms with E-state index in [4.69, 9.17) is 25.3 Å². The third-order valence-corrected chi connectivity index (χ3v) is 6.46. The van der Waals surface area contributed by atoms with E-state index in [1.807, 2.05) is 9.80 Å². The molecule has 0 unspecified atom stereocenters. The maximum absolute atomic E-state index is 11.4. The second-order valence-electron chi connectivity index (χ2n) is 9.60. The zero-order valence-corrected chi connectivity index (χ0v) is 29.7. The van der Waals surface area contributed by atoms with Crippen LogP contribution in [0.15, 0.2) is 57.1 Å². The molecule has 2 aromatic heterocycles. The molecule has 20 heteroatoms. The SMILES string of the molecule is CC(=O)c1ncccc1/C=N/N=C(\[S-])N1CCCC1.CC(=O)c1ncccc1/C=N/N=C(\[S-])N1CCCC1.F[P-](F)(F)(F)(F)F.[Ga+3]. The van der Waals surface area contributed by atoms with Crippen molar-refractivity contribution in [3.63, 3.8) is 0 Å². The summed E-state index contributed by atoms with van der Waals surface area (Å²) in [5.41, 5.74) is 2.10. The summed E-state index contributed by atoms with van der Waals surface area (Å²) in [6.07, 6.45) is 10.8. The second kappa shape index (κ2) is 17.2. The standard InChI is InChI=1S/2C13H16N4OS.F6P.Ga/c2*1-10(18)12-11(5-4-6-14-12)9-15-16-13(19)17-7-2-3-8-17;1-7(2,3,4,5)6;/h2*4-6,9H,2-3,7-8H2,1H3,(H,16,19);;/q;;-1;+3/p-2/b2*15-9+;;. The van der Waals surface area contributed by atoms with E-state index in [9.17, 15) is 34.8 Å². The molecule has 10 nitrogen and oxygen atoms in total. The van der Waals surface area contributed by atoms with Crippen LogP contribution in [0.5, 0.6) is 0 Å². The number of nitrogens with zero attached hydrogens (tertiary/aromatic N) is 8. The van der Waals surface area contributed by atoms with Crippen molar-refractivity contribution in [2.24, 2.45) is 20.4 Å². The maximum atomic E-state index is 11.4.